The Morgan fingerprint density at radius 3 is 1.62 bits per heavy atom. The Hall–Kier alpha value is -5.09. The number of amides is 8. The number of hydrogen-bond acceptors (Lipinski definition) is 14. The second-order valence-electron chi connectivity index (χ2n) is 18.0. The van der Waals surface area contributed by atoms with E-state index in [2.05, 4.69) is 44.1 Å². The highest BCUT2D eigenvalue weighted by atomic mass is 16.7. The number of aliphatic hydroxyl groups excluding tert-OH is 3. The summed E-state index contributed by atoms with van der Waals surface area (Å²) in [4.78, 5) is 119. The predicted molar refractivity (Wildman–Crippen MR) is 240 cm³/mol. The van der Waals surface area contributed by atoms with Crippen LogP contribution in [0, 0.1) is 5.92 Å². The lowest BCUT2D eigenvalue weighted by molar-refractivity contribution is -0.137. The summed E-state index contributed by atoms with van der Waals surface area (Å²) in [6.45, 7) is 13.4. The number of carbonyl (C=O) groups excluding carboxylic acids is 9. The van der Waals surface area contributed by atoms with Crippen molar-refractivity contribution < 1.29 is 67.9 Å². The fraction of sp³-hybridized carbons (Fsp3) is 0.795. The molecule has 0 radical (unpaired) electrons. The molecule has 22 heteroatoms. The molecule has 0 aromatic rings. The number of unbranched alkanes of at least 4 members (excludes halogenated alkanes) is 7. The number of carbonyl (C=O) groups is 9. The first-order chi connectivity index (χ1) is 30.8. The molecule has 22 nitrogen and oxygen atoms in total. The summed E-state index contributed by atoms with van der Waals surface area (Å²) < 4.78 is 11.5. The highest BCUT2D eigenvalue weighted by Gasteiger charge is 2.37. The molecule has 11 unspecified atom stereocenters. The van der Waals surface area contributed by atoms with Crippen molar-refractivity contribution in [2.75, 3.05) is 0 Å². The maximum Gasteiger partial charge on any atom is 0.510 e. The summed E-state index contributed by atoms with van der Waals surface area (Å²) in [5, 5.41) is 48.4. The lowest BCUT2D eigenvalue weighted by Gasteiger charge is -2.31. The van der Waals surface area contributed by atoms with Crippen LogP contribution >= 0.6 is 0 Å². The van der Waals surface area contributed by atoms with Gasteiger partial charge < -0.3 is 67.7 Å². The molecule has 1 heterocycles. The minimum absolute atomic E-state index is 0.0534. The van der Waals surface area contributed by atoms with Crippen LogP contribution in [-0.4, -0.2) is 135 Å². The van der Waals surface area contributed by atoms with Crippen molar-refractivity contribution in [1.29, 1.82) is 0 Å². The quantitative estimate of drug-likeness (QED) is 0.0680. The Labute approximate surface area is 388 Å². The molecule has 0 aliphatic carbocycles. The molecule has 0 spiro atoms. The minimum Gasteiger partial charge on any atom is -0.428 e. The SMILES string of the molecule is CCCCCCCCCCC1(C)CCC(=O)NC(C(C)O)C(=O)NC(C(C)O)C(=O)NC(C)C(=O)NC(C)C(=O)NC(CCC(N)=O)C(=O)NC(C(C)O)C(=O)NC(CC(C)C)OC(=O)O1. The highest BCUT2D eigenvalue weighted by Crippen LogP contribution is 2.27. The lowest BCUT2D eigenvalue weighted by Crippen LogP contribution is -2.61. The van der Waals surface area contributed by atoms with Crippen LogP contribution in [0.1, 0.15) is 152 Å². The third kappa shape index (κ3) is 22.4. The van der Waals surface area contributed by atoms with E-state index < -0.39 is 126 Å². The second kappa shape index (κ2) is 29.5. The normalized spacial score (nSPS) is 27.8. The van der Waals surface area contributed by atoms with E-state index in [1.165, 1.54) is 34.6 Å². The highest BCUT2D eigenvalue weighted by molar-refractivity contribution is 5.97. The maximum absolute atomic E-state index is 13.7. The van der Waals surface area contributed by atoms with Gasteiger partial charge in [0.1, 0.15) is 41.9 Å². The molecule has 0 aromatic carbocycles. The average molecular weight is 943 g/mol. The largest absolute Gasteiger partial charge is 0.510 e. The summed E-state index contributed by atoms with van der Waals surface area (Å²) in [7, 11) is 0. The monoisotopic (exact) mass is 943 g/mol. The van der Waals surface area contributed by atoms with Gasteiger partial charge in [0.2, 0.25) is 47.3 Å². The van der Waals surface area contributed by atoms with Crippen molar-refractivity contribution in [1.82, 2.24) is 37.2 Å². The predicted octanol–water partition coefficient (Wildman–Crippen LogP) is 0.0678. The van der Waals surface area contributed by atoms with E-state index in [0.717, 1.165) is 44.9 Å². The molecule has 0 bridgehead atoms. The first kappa shape index (κ1) is 58.9. The number of ether oxygens (including phenoxy) is 2. The Balaban J connectivity index is 3.69. The topological polar surface area (TPSA) is 343 Å². The number of primary amides is 1. The molecule has 8 amide bonds. The van der Waals surface area contributed by atoms with Gasteiger partial charge >= 0.3 is 6.16 Å². The van der Waals surface area contributed by atoms with Crippen molar-refractivity contribution in [2.45, 2.75) is 219 Å². The van der Waals surface area contributed by atoms with Crippen molar-refractivity contribution in [2.24, 2.45) is 11.7 Å². The first-order valence-electron chi connectivity index (χ1n) is 23.1. The van der Waals surface area contributed by atoms with Gasteiger partial charge in [-0.15, -0.1) is 0 Å². The number of cyclic esters (lactones) is 2. The number of aliphatic hydroxyl groups is 3. The Kier molecular flexibility index (Phi) is 26.4. The van der Waals surface area contributed by atoms with E-state index in [4.69, 9.17) is 15.2 Å². The molecule has 0 aromatic heterocycles. The number of nitrogens with one attached hydrogen (secondary N) is 7. The first-order valence-corrected chi connectivity index (χ1v) is 23.1. The van der Waals surface area contributed by atoms with E-state index in [-0.39, 0.29) is 38.0 Å². The van der Waals surface area contributed by atoms with E-state index in [0.29, 0.717) is 6.42 Å². The summed E-state index contributed by atoms with van der Waals surface area (Å²) >= 11 is 0. The van der Waals surface area contributed by atoms with Crippen LogP contribution in [-0.2, 0) is 47.8 Å². The van der Waals surface area contributed by atoms with E-state index in [1.54, 1.807) is 20.8 Å². The summed E-state index contributed by atoms with van der Waals surface area (Å²) in [5.74, 6) is -7.69. The number of rotatable bonds is 17. The number of nitrogens with two attached hydrogens (primary N) is 1. The molecule has 11 atom stereocenters. The van der Waals surface area contributed by atoms with Crippen LogP contribution in [0.4, 0.5) is 4.79 Å². The smallest absolute Gasteiger partial charge is 0.428 e. The summed E-state index contributed by atoms with van der Waals surface area (Å²) in [6, 6.07) is -9.29. The molecule has 1 aliphatic rings. The van der Waals surface area contributed by atoms with Crippen LogP contribution in [0.5, 0.6) is 0 Å². The number of hydrogen-bond donors (Lipinski definition) is 11. The molecule has 66 heavy (non-hydrogen) atoms. The Bertz CT molecular complexity index is 1630. The molecule has 1 saturated heterocycles. The van der Waals surface area contributed by atoms with E-state index >= 15 is 0 Å². The zero-order valence-electron chi connectivity index (χ0n) is 40.2. The third-order valence-electron chi connectivity index (χ3n) is 11.0. The third-order valence-corrected chi connectivity index (χ3v) is 11.0. The van der Waals surface area contributed by atoms with Crippen molar-refractivity contribution >= 4 is 53.4 Å². The maximum atomic E-state index is 13.7. The summed E-state index contributed by atoms with van der Waals surface area (Å²) in [6.07, 6.45) is -0.169. The zero-order valence-corrected chi connectivity index (χ0v) is 40.2. The molecule has 1 fully saturated rings. The van der Waals surface area contributed by atoms with Crippen LogP contribution in [0.15, 0.2) is 0 Å². The van der Waals surface area contributed by atoms with Gasteiger partial charge in [-0.1, -0.05) is 65.7 Å². The fourth-order valence-electron chi connectivity index (χ4n) is 6.98. The second-order valence-corrected chi connectivity index (χ2v) is 18.0. The van der Waals surface area contributed by atoms with Gasteiger partial charge in [0, 0.05) is 19.3 Å². The van der Waals surface area contributed by atoms with Gasteiger partial charge in [-0.3, -0.25) is 38.4 Å². The summed E-state index contributed by atoms with van der Waals surface area (Å²) in [5.41, 5.74) is 3.99. The van der Waals surface area contributed by atoms with Gasteiger partial charge in [-0.05, 0) is 73.1 Å². The van der Waals surface area contributed by atoms with Gasteiger partial charge in [0.15, 0.2) is 6.23 Å². The zero-order chi connectivity index (χ0) is 50.3. The standard InChI is InChI=1S/C44H78N8O14/c1-10-11-12-13-14-15-16-17-21-44(9)22-20-32(57)49-34(27(6)53)42(63)52-35(28(7)54)40(61)47-25(4)37(58)46-26(5)38(59)48-30(18-19-31(45)56)39(60)51-36(29(8)55)41(62)50-33(23-24(2)3)65-43(64)66-44/h24-30,33-36,53-55H,10-23H2,1-9H3,(H2,45,56)(H,46,58)(H,47,61)(H,48,59)(H,49,57)(H,50,62)(H,51,60)(H,52,63). The van der Waals surface area contributed by atoms with E-state index in [9.17, 15) is 58.5 Å². The van der Waals surface area contributed by atoms with E-state index in [1.807, 2.05) is 0 Å². The van der Waals surface area contributed by atoms with Gasteiger partial charge in [0.25, 0.3) is 0 Å². The lowest BCUT2D eigenvalue weighted by atomic mass is 9.92. The molecule has 0 saturated carbocycles. The molecular formula is C44H78N8O14. The van der Waals surface area contributed by atoms with Crippen LogP contribution in [0.25, 0.3) is 0 Å². The van der Waals surface area contributed by atoms with Crippen molar-refractivity contribution in [3.05, 3.63) is 0 Å². The molecule has 378 valence electrons. The molecule has 12 N–H and O–H groups in total. The van der Waals surface area contributed by atoms with Gasteiger partial charge in [-0.2, -0.15) is 0 Å². The fourth-order valence-corrected chi connectivity index (χ4v) is 6.98. The van der Waals surface area contributed by atoms with Gasteiger partial charge in [0.05, 0.1) is 18.3 Å². The molecule has 1 rings (SSSR count). The minimum atomic E-state index is -1.69. The molecule has 1 aliphatic heterocycles. The van der Waals surface area contributed by atoms with Gasteiger partial charge in [-0.25, -0.2) is 4.79 Å². The van der Waals surface area contributed by atoms with Crippen LogP contribution in [0.3, 0.4) is 0 Å². The average Bonchev–Trinajstić information content (AvgIpc) is 3.21. The van der Waals surface area contributed by atoms with Crippen LogP contribution < -0.4 is 43.0 Å². The van der Waals surface area contributed by atoms with Crippen molar-refractivity contribution in [3.63, 3.8) is 0 Å². The molecular weight excluding hydrogens is 865 g/mol. The van der Waals surface area contributed by atoms with Crippen LogP contribution in [0.2, 0.25) is 0 Å². The Morgan fingerprint density at radius 1 is 0.652 bits per heavy atom. The van der Waals surface area contributed by atoms with Crippen molar-refractivity contribution in [3.8, 4) is 0 Å². The Morgan fingerprint density at radius 2 is 1.11 bits per heavy atom.